The molecule has 1 atom stereocenters. The van der Waals surface area contributed by atoms with E-state index >= 15 is 0 Å². The molecule has 6 nitrogen and oxygen atoms in total. The third-order valence-corrected chi connectivity index (χ3v) is 5.78. The second kappa shape index (κ2) is 8.00. The number of rotatable bonds is 6. The lowest BCUT2D eigenvalue weighted by Crippen LogP contribution is -2.24. The van der Waals surface area contributed by atoms with E-state index < -0.39 is 23.3 Å². The van der Waals surface area contributed by atoms with Crippen molar-refractivity contribution in [1.29, 1.82) is 0 Å². The van der Waals surface area contributed by atoms with Crippen molar-refractivity contribution in [2.75, 3.05) is 17.6 Å². The number of hydrogen-bond donors (Lipinski definition) is 0. The number of aromatic nitrogens is 2. The molecule has 2 aromatic carbocycles. The van der Waals surface area contributed by atoms with Gasteiger partial charge in [0.15, 0.2) is 0 Å². The number of hydrogen-bond acceptors (Lipinski definition) is 5. The van der Waals surface area contributed by atoms with Crippen LogP contribution in [0.1, 0.15) is 29.0 Å². The van der Waals surface area contributed by atoms with Crippen molar-refractivity contribution < 1.29 is 17.4 Å². The van der Waals surface area contributed by atoms with E-state index in [1.54, 1.807) is 18.4 Å². The Morgan fingerprint density at radius 3 is 2.52 bits per heavy atom. The molecule has 0 radical (unpaired) electrons. The maximum atomic E-state index is 12.6. The predicted molar refractivity (Wildman–Crippen MR) is 107 cm³/mol. The molecule has 9 heteroatoms. The molecule has 0 spiro atoms. The highest BCUT2D eigenvalue weighted by molar-refractivity contribution is 7.85. The number of anilines is 1. The van der Waals surface area contributed by atoms with Crippen LogP contribution in [0.5, 0.6) is 0 Å². The summed E-state index contributed by atoms with van der Waals surface area (Å²) in [5.74, 6) is -0.649. The Kier molecular flexibility index (Phi) is 5.42. The summed E-state index contributed by atoms with van der Waals surface area (Å²) in [5.41, 5.74) is 4.93. The van der Waals surface area contributed by atoms with Crippen molar-refractivity contribution in [1.82, 2.24) is 15.1 Å². The van der Waals surface area contributed by atoms with E-state index in [1.807, 2.05) is 22.5 Å². The van der Waals surface area contributed by atoms with Crippen molar-refractivity contribution in [3.8, 4) is 11.5 Å². The van der Waals surface area contributed by atoms with Gasteiger partial charge in [-0.1, -0.05) is 18.2 Å². The van der Waals surface area contributed by atoms with Gasteiger partial charge in [0, 0.05) is 30.6 Å². The Bertz CT molecular complexity index is 1040. The van der Waals surface area contributed by atoms with Crippen molar-refractivity contribution in [3.05, 3.63) is 65.0 Å². The van der Waals surface area contributed by atoms with Crippen molar-refractivity contribution in [2.45, 2.75) is 26.1 Å². The highest BCUT2D eigenvalue weighted by atomic mass is 32.2. The molecule has 2 heterocycles. The van der Waals surface area contributed by atoms with Gasteiger partial charge in [-0.15, -0.1) is 10.2 Å². The van der Waals surface area contributed by atoms with Gasteiger partial charge in [-0.05, 0) is 48.0 Å². The van der Waals surface area contributed by atoms with Gasteiger partial charge in [-0.2, -0.15) is 8.78 Å². The van der Waals surface area contributed by atoms with Crippen LogP contribution in [0.15, 0.2) is 46.9 Å². The molecule has 29 heavy (non-hydrogen) atoms. The summed E-state index contributed by atoms with van der Waals surface area (Å²) in [7, 11) is 0.866. The zero-order valence-corrected chi connectivity index (χ0v) is 16.8. The molecule has 1 aliphatic heterocycles. The van der Waals surface area contributed by atoms with E-state index in [0.717, 1.165) is 24.3 Å². The fourth-order valence-electron chi connectivity index (χ4n) is 3.39. The molecule has 0 aliphatic carbocycles. The zero-order valence-electron chi connectivity index (χ0n) is 16.0. The standard InChI is InChI=1S/C20H20F2N4O2S/c1-25-11-15-7-8-17(9-16(15)12-25)26(29(2)27)10-13-3-5-14(6-4-13)19-23-24-20(28-19)18(21)22/h3-9,18H,10-12H2,1-2H3. The molecule has 0 amide bonds. The lowest BCUT2D eigenvalue weighted by atomic mass is 10.1. The van der Waals surface area contributed by atoms with Gasteiger partial charge in [0.05, 0.1) is 6.54 Å². The zero-order chi connectivity index (χ0) is 20.5. The Morgan fingerprint density at radius 2 is 1.86 bits per heavy atom. The Labute approximate surface area is 169 Å². The number of alkyl halides is 2. The normalized spacial score (nSPS) is 14.9. The second-order valence-electron chi connectivity index (χ2n) is 7.03. The molecule has 0 N–H and O–H groups in total. The molecule has 4 rings (SSSR count). The van der Waals surface area contributed by atoms with Crippen LogP contribution in [0.2, 0.25) is 0 Å². The van der Waals surface area contributed by atoms with Gasteiger partial charge >= 0.3 is 6.43 Å². The van der Waals surface area contributed by atoms with E-state index in [2.05, 4.69) is 34.3 Å². The summed E-state index contributed by atoms with van der Waals surface area (Å²) in [6, 6.07) is 13.3. The quantitative estimate of drug-likeness (QED) is 0.607. The predicted octanol–water partition coefficient (Wildman–Crippen LogP) is 3.92. The van der Waals surface area contributed by atoms with E-state index in [0.29, 0.717) is 12.1 Å². The molecule has 0 bridgehead atoms. The third-order valence-electron chi connectivity index (χ3n) is 4.82. The second-order valence-corrected chi connectivity index (χ2v) is 8.32. The van der Waals surface area contributed by atoms with Gasteiger partial charge in [-0.25, -0.2) is 4.21 Å². The number of nitrogens with zero attached hydrogens (tertiary/aromatic N) is 4. The van der Waals surface area contributed by atoms with Crippen LogP contribution in [0.4, 0.5) is 14.5 Å². The van der Waals surface area contributed by atoms with E-state index in [9.17, 15) is 13.0 Å². The minimum absolute atomic E-state index is 0.0468. The SMILES string of the molecule is CN1Cc2ccc(N(Cc3ccc(-c4nnc(C(F)F)o4)cc3)S(C)=O)cc2C1. The first-order chi connectivity index (χ1) is 13.9. The summed E-state index contributed by atoms with van der Waals surface area (Å²) in [5, 5.41) is 6.99. The average Bonchev–Trinajstić information content (AvgIpc) is 3.32. The summed E-state index contributed by atoms with van der Waals surface area (Å²) < 4.78 is 44.4. The fraction of sp³-hybridized carbons (Fsp3) is 0.300. The lowest BCUT2D eigenvalue weighted by Gasteiger charge is -2.22. The van der Waals surface area contributed by atoms with Crippen molar-refractivity contribution in [2.24, 2.45) is 0 Å². The van der Waals surface area contributed by atoms with Crippen LogP contribution in [-0.4, -0.2) is 32.6 Å². The maximum Gasteiger partial charge on any atom is 0.314 e. The Balaban J connectivity index is 1.53. The monoisotopic (exact) mass is 418 g/mol. The molecule has 0 saturated carbocycles. The molecule has 152 valence electrons. The first kappa shape index (κ1) is 19.7. The van der Waals surface area contributed by atoms with E-state index in [4.69, 9.17) is 4.42 Å². The summed E-state index contributed by atoms with van der Waals surface area (Å²) >= 11 is 0. The van der Waals surface area contributed by atoms with Crippen LogP contribution in [0, 0.1) is 0 Å². The molecule has 1 aliphatic rings. The van der Waals surface area contributed by atoms with E-state index in [-0.39, 0.29) is 5.89 Å². The van der Waals surface area contributed by atoms with Gasteiger partial charge in [0.2, 0.25) is 5.89 Å². The first-order valence-corrected chi connectivity index (χ1v) is 10.5. The highest BCUT2D eigenvalue weighted by Crippen LogP contribution is 2.29. The molecular formula is C20H20F2N4O2S. The molecular weight excluding hydrogens is 398 g/mol. The number of halogens is 2. The van der Waals surface area contributed by atoms with Crippen molar-refractivity contribution in [3.63, 3.8) is 0 Å². The lowest BCUT2D eigenvalue weighted by molar-refractivity contribution is 0.116. The van der Waals surface area contributed by atoms with Gasteiger partial charge in [0.25, 0.3) is 5.89 Å². The summed E-state index contributed by atoms with van der Waals surface area (Å²) in [6.45, 7) is 2.26. The number of benzene rings is 2. The number of fused-ring (bicyclic) bond motifs is 1. The molecule has 3 aromatic rings. The highest BCUT2D eigenvalue weighted by Gasteiger charge is 2.20. The summed E-state index contributed by atoms with van der Waals surface area (Å²) in [4.78, 5) is 2.23. The smallest absolute Gasteiger partial charge is 0.314 e. The van der Waals surface area contributed by atoms with Gasteiger partial charge < -0.3 is 4.42 Å². The van der Waals surface area contributed by atoms with Crippen LogP contribution in [0.25, 0.3) is 11.5 Å². The van der Waals surface area contributed by atoms with Gasteiger partial charge in [-0.3, -0.25) is 9.21 Å². The minimum atomic E-state index is -2.80. The molecule has 1 aromatic heterocycles. The molecule has 1 unspecified atom stereocenters. The molecule has 0 saturated heterocycles. The summed E-state index contributed by atoms with van der Waals surface area (Å²) in [6.07, 6.45) is -1.14. The van der Waals surface area contributed by atoms with Crippen molar-refractivity contribution >= 4 is 16.7 Å². The third kappa shape index (κ3) is 4.20. The van der Waals surface area contributed by atoms with Gasteiger partial charge in [0.1, 0.15) is 11.0 Å². The first-order valence-electron chi connectivity index (χ1n) is 9.03. The van der Waals surface area contributed by atoms with Crippen LogP contribution >= 0.6 is 0 Å². The van der Waals surface area contributed by atoms with E-state index in [1.165, 1.54) is 11.1 Å². The Morgan fingerprint density at radius 1 is 1.14 bits per heavy atom. The van der Waals surface area contributed by atoms with Crippen LogP contribution in [0.3, 0.4) is 0 Å². The molecule has 0 fully saturated rings. The van der Waals surface area contributed by atoms with Crippen LogP contribution < -0.4 is 4.31 Å². The van der Waals surface area contributed by atoms with Crippen LogP contribution in [-0.2, 0) is 30.6 Å². The fourth-order valence-corrected chi connectivity index (χ4v) is 4.14. The topological polar surface area (TPSA) is 62.5 Å². The largest absolute Gasteiger partial charge is 0.415 e. The average molecular weight is 418 g/mol. The maximum absolute atomic E-state index is 12.6. The minimum Gasteiger partial charge on any atom is -0.415 e. The Hall–Kier alpha value is -2.65.